The minimum atomic E-state index is -4.38. The van der Waals surface area contributed by atoms with Gasteiger partial charge in [0.25, 0.3) is 0 Å². The number of H-pyrrole nitrogens is 1. The quantitative estimate of drug-likeness (QED) is 0.909. The Hall–Kier alpha value is -1.47. The van der Waals surface area contributed by atoms with Crippen molar-refractivity contribution >= 4 is 11.8 Å². The van der Waals surface area contributed by atoms with Crippen LogP contribution in [0.25, 0.3) is 0 Å². The van der Waals surface area contributed by atoms with Gasteiger partial charge in [-0.1, -0.05) is 17.8 Å². The van der Waals surface area contributed by atoms with E-state index in [-0.39, 0.29) is 18.0 Å². The SMILES string of the molecule is CC(N)Cc1ccc(Sc2ncc[nH]2)cc1C(F)(F)F. The maximum atomic E-state index is 13.1. The van der Waals surface area contributed by atoms with Gasteiger partial charge in [-0.3, -0.25) is 0 Å². The molecule has 0 aliphatic heterocycles. The van der Waals surface area contributed by atoms with Gasteiger partial charge >= 0.3 is 6.18 Å². The molecule has 2 aromatic rings. The number of hydrogen-bond donors (Lipinski definition) is 2. The van der Waals surface area contributed by atoms with E-state index in [1.165, 1.54) is 6.07 Å². The molecule has 0 spiro atoms. The van der Waals surface area contributed by atoms with Crippen molar-refractivity contribution < 1.29 is 13.2 Å². The Balaban J connectivity index is 2.33. The van der Waals surface area contributed by atoms with Crippen LogP contribution in [-0.2, 0) is 12.6 Å². The molecule has 0 amide bonds. The van der Waals surface area contributed by atoms with Crippen molar-refractivity contribution in [2.24, 2.45) is 5.73 Å². The normalized spacial score (nSPS) is 13.4. The highest BCUT2D eigenvalue weighted by Crippen LogP contribution is 2.36. The topological polar surface area (TPSA) is 54.7 Å². The zero-order valence-corrected chi connectivity index (χ0v) is 11.6. The molecule has 0 aliphatic carbocycles. The second kappa shape index (κ2) is 5.88. The molecule has 0 bridgehead atoms. The second-order valence-corrected chi connectivity index (χ2v) is 5.56. The fraction of sp³-hybridized carbons (Fsp3) is 0.308. The predicted octanol–water partition coefficient (Wildman–Crippen LogP) is 3.47. The molecule has 2 rings (SSSR count). The average molecular weight is 301 g/mol. The smallest absolute Gasteiger partial charge is 0.339 e. The first kappa shape index (κ1) is 14.9. The molecule has 0 radical (unpaired) electrons. The van der Waals surface area contributed by atoms with Crippen LogP contribution in [0.1, 0.15) is 18.1 Å². The van der Waals surface area contributed by atoms with E-state index in [9.17, 15) is 13.2 Å². The largest absolute Gasteiger partial charge is 0.416 e. The highest BCUT2D eigenvalue weighted by atomic mass is 32.2. The monoisotopic (exact) mass is 301 g/mol. The summed E-state index contributed by atoms with van der Waals surface area (Å²) < 4.78 is 39.3. The van der Waals surface area contributed by atoms with Crippen molar-refractivity contribution in [2.75, 3.05) is 0 Å². The predicted molar refractivity (Wildman–Crippen MR) is 71.5 cm³/mol. The van der Waals surface area contributed by atoms with E-state index in [2.05, 4.69) is 9.97 Å². The van der Waals surface area contributed by atoms with Gasteiger partial charge in [0.05, 0.1) is 5.56 Å². The number of halogens is 3. The van der Waals surface area contributed by atoms with Crippen molar-refractivity contribution in [1.29, 1.82) is 0 Å². The van der Waals surface area contributed by atoms with Crippen LogP contribution in [-0.4, -0.2) is 16.0 Å². The number of nitrogens with zero attached hydrogens (tertiary/aromatic N) is 1. The lowest BCUT2D eigenvalue weighted by Crippen LogP contribution is -2.20. The Bertz CT molecular complexity index is 565. The maximum Gasteiger partial charge on any atom is 0.416 e. The molecule has 3 N–H and O–H groups in total. The number of aromatic nitrogens is 2. The first-order valence-corrected chi connectivity index (χ1v) is 6.81. The van der Waals surface area contributed by atoms with E-state index >= 15 is 0 Å². The summed E-state index contributed by atoms with van der Waals surface area (Å²) >= 11 is 1.15. The molecule has 3 nitrogen and oxygen atoms in total. The molecule has 7 heteroatoms. The molecule has 1 aromatic carbocycles. The van der Waals surface area contributed by atoms with Crippen LogP contribution in [0.2, 0.25) is 0 Å². The van der Waals surface area contributed by atoms with Crippen molar-refractivity contribution in [3.8, 4) is 0 Å². The Morgan fingerprint density at radius 3 is 2.70 bits per heavy atom. The molecule has 0 aliphatic rings. The molecular weight excluding hydrogens is 287 g/mol. The molecular formula is C13H14F3N3S. The van der Waals surface area contributed by atoms with Gasteiger partial charge in [0.1, 0.15) is 0 Å². The summed E-state index contributed by atoms with van der Waals surface area (Å²) in [6.45, 7) is 1.69. The molecule has 1 heterocycles. The van der Waals surface area contributed by atoms with Crippen LogP contribution in [0.4, 0.5) is 13.2 Å². The van der Waals surface area contributed by atoms with E-state index in [0.29, 0.717) is 10.1 Å². The summed E-state index contributed by atoms with van der Waals surface area (Å²) in [5.41, 5.74) is 5.18. The average Bonchev–Trinajstić information content (AvgIpc) is 2.82. The van der Waals surface area contributed by atoms with Gasteiger partial charge < -0.3 is 10.7 Å². The fourth-order valence-electron chi connectivity index (χ4n) is 1.83. The Morgan fingerprint density at radius 1 is 1.40 bits per heavy atom. The zero-order chi connectivity index (χ0) is 14.8. The number of nitrogens with two attached hydrogens (primary N) is 1. The van der Waals surface area contributed by atoms with Crippen LogP contribution in [0.15, 0.2) is 40.6 Å². The Kier molecular flexibility index (Phi) is 4.39. The van der Waals surface area contributed by atoms with Gasteiger partial charge in [-0.2, -0.15) is 13.2 Å². The summed E-state index contributed by atoms with van der Waals surface area (Å²) in [5.74, 6) is 0. The van der Waals surface area contributed by atoms with Crippen LogP contribution in [0.3, 0.4) is 0 Å². The minimum Gasteiger partial charge on any atom is -0.339 e. The third kappa shape index (κ3) is 3.77. The lowest BCUT2D eigenvalue weighted by Gasteiger charge is -2.15. The summed E-state index contributed by atoms with van der Waals surface area (Å²) in [5, 5.41) is 0.554. The standard InChI is InChI=1S/C13H14F3N3S/c1-8(17)6-9-2-3-10(7-11(9)13(14,15)16)20-12-18-4-5-19-12/h2-5,7-8H,6,17H2,1H3,(H,18,19). The van der Waals surface area contributed by atoms with Crippen LogP contribution in [0, 0.1) is 0 Å². The van der Waals surface area contributed by atoms with Gasteiger partial charge in [-0.15, -0.1) is 0 Å². The number of alkyl halides is 3. The first-order chi connectivity index (χ1) is 9.36. The van der Waals surface area contributed by atoms with Crippen molar-refractivity contribution in [2.45, 2.75) is 35.6 Å². The minimum absolute atomic E-state index is 0.195. The number of imidazole rings is 1. The Labute approximate surface area is 118 Å². The summed E-state index contributed by atoms with van der Waals surface area (Å²) in [7, 11) is 0. The highest BCUT2D eigenvalue weighted by Gasteiger charge is 2.33. The summed E-state index contributed by atoms with van der Waals surface area (Å²) in [4.78, 5) is 7.31. The van der Waals surface area contributed by atoms with Crippen molar-refractivity contribution in [3.05, 3.63) is 41.7 Å². The first-order valence-electron chi connectivity index (χ1n) is 5.99. The second-order valence-electron chi connectivity index (χ2n) is 4.49. The highest BCUT2D eigenvalue weighted by molar-refractivity contribution is 7.99. The summed E-state index contributed by atoms with van der Waals surface area (Å²) in [6, 6.07) is 3.96. The summed E-state index contributed by atoms with van der Waals surface area (Å²) in [6.07, 6.45) is -1.01. The number of aromatic amines is 1. The molecule has 20 heavy (non-hydrogen) atoms. The third-order valence-corrected chi connectivity index (χ3v) is 3.52. The van der Waals surface area contributed by atoms with E-state index in [4.69, 9.17) is 5.73 Å². The molecule has 1 aromatic heterocycles. The van der Waals surface area contributed by atoms with E-state index in [1.54, 1.807) is 25.4 Å². The van der Waals surface area contributed by atoms with Gasteiger partial charge in [0.15, 0.2) is 5.16 Å². The maximum absolute atomic E-state index is 13.1. The van der Waals surface area contributed by atoms with Crippen molar-refractivity contribution in [1.82, 2.24) is 9.97 Å². The molecule has 0 saturated carbocycles. The van der Waals surface area contributed by atoms with E-state index < -0.39 is 11.7 Å². The molecule has 0 saturated heterocycles. The zero-order valence-electron chi connectivity index (χ0n) is 10.7. The number of nitrogens with one attached hydrogen (secondary N) is 1. The van der Waals surface area contributed by atoms with Crippen molar-refractivity contribution in [3.63, 3.8) is 0 Å². The Morgan fingerprint density at radius 2 is 2.15 bits per heavy atom. The van der Waals surface area contributed by atoms with Gasteiger partial charge in [-0.25, -0.2) is 4.98 Å². The molecule has 0 fully saturated rings. The third-order valence-electron chi connectivity index (χ3n) is 2.62. The number of rotatable bonds is 4. The number of hydrogen-bond acceptors (Lipinski definition) is 3. The van der Waals surface area contributed by atoms with Gasteiger partial charge in [-0.05, 0) is 31.0 Å². The lowest BCUT2D eigenvalue weighted by atomic mass is 10.0. The molecule has 1 atom stereocenters. The van der Waals surface area contributed by atoms with E-state index in [0.717, 1.165) is 17.8 Å². The fourth-order valence-corrected chi connectivity index (χ4v) is 2.60. The number of benzene rings is 1. The lowest BCUT2D eigenvalue weighted by molar-refractivity contribution is -0.138. The molecule has 108 valence electrons. The van der Waals surface area contributed by atoms with Gasteiger partial charge in [0.2, 0.25) is 0 Å². The van der Waals surface area contributed by atoms with Crippen LogP contribution >= 0.6 is 11.8 Å². The van der Waals surface area contributed by atoms with Crippen LogP contribution < -0.4 is 5.73 Å². The van der Waals surface area contributed by atoms with Crippen LogP contribution in [0.5, 0.6) is 0 Å². The van der Waals surface area contributed by atoms with Gasteiger partial charge in [0, 0.05) is 23.3 Å². The van der Waals surface area contributed by atoms with E-state index in [1.807, 2.05) is 0 Å². The molecule has 1 unspecified atom stereocenters.